The van der Waals surface area contributed by atoms with Gasteiger partial charge in [-0.3, -0.25) is 47.6 Å². The molecule has 4 amide bonds. The molecule has 0 aliphatic carbocycles. The predicted octanol–water partition coefficient (Wildman–Crippen LogP) is 2.74. The van der Waals surface area contributed by atoms with Crippen molar-refractivity contribution in [2.45, 2.75) is 31.4 Å². The molecule has 16 heteroatoms. The first-order valence-corrected chi connectivity index (χ1v) is 18.1. The maximum absolute atomic E-state index is 16.1. The number of amides is 4. The van der Waals surface area contributed by atoms with Gasteiger partial charge in [-0.05, 0) is 59.3 Å². The number of nitrogens with zero attached hydrogens (tertiary/aromatic N) is 4. The maximum atomic E-state index is 16.1. The summed E-state index contributed by atoms with van der Waals surface area (Å²) >= 11 is -1.98. The summed E-state index contributed by atoms with van der Waals surface area (Å²) in [6.45, 7) is 1.17. The number of halogens is 1. The number of carbonyl (C=O) groups is 4. The van der Waals surface area contributed by atoms with Crippen LogP contribution in [-0.4, -0.2) is 68.1 Å². The largest absolute Gasteiger partial charge is 0.487 e. The van der Waals surface area contributed by atoms with Gasteiger partial charge in [0, 0.05) is 43.5 Å². The normalized spacial score (nSPS) is 19.4. The maximum Gasteiger partial charge on any atom is 0.329 e. The number of ether oxygens (including phenoxy) is 1. The van der Waals surface area contributed by atoms with Crippen molar-refractivity contribution >= 4 is 68.0 Å². The van der Waals surface area contributed by atoms with Crippen LogP contribution in [0.25, 0.3) is 21.8 Å². The summed E-state index contributed by atoms with van der Waals surface area (Å²) in [4.78, 5) is 64.4. The van der Waals surface area contributed by atoms with Gasteiger partial charge in [-0.2, -0.15) is 0 Å². The zero-order valence-corrected chi connectivity index (χ0v) is 29.3. The van der Waals surface area contributed by atoms with E-state index in [1.807, 2.05) is 53.4 Å². The standard InChI is InChI=1S/C37H34FN7O7S/c1-42-29-14-22(7-10-27(29)45(37(42)50)28-11-12-31(46)40-36(28)49)24-16-43(17-24)18-32(47)39-25-8-9-26-23(13-25)15-30(52-20-21-5-3-2-4-6-21)35(34(26)38)44-19-33(48)41-53(44)51/h2-10,13-15,24,28H,11-12,16-20H2,1H3,(H,39,47)(H,41,48)(H,40,46,49). The van der Waals surface area contributed by atoms with Crippen LogP contribution < -0.4 is 30.1 Å². The molecule has 0 radical (unpaired) electrons. The average Bonchev–Trinajstić information content (AvgIpc) is 3.58. The third-order valence-corrected chi connectivity index (χ3v) is 11.0. The minimum absolute atomic E-state index is 0.0949. The number of rotatable bonds is 9. The molecule has 14 nitrogen and oxygen atoms in total. The lowest BCUT2D eigenvalue weighted by molar-refractivity contribution is -0.135. The fraction of sp³-hybridized carbons (Fsp3) is 0.270. The van der Waals surface area contributed by atoms with Gasteiger partial charge in [-0.25, -0.2) is 13.4 Å². The minimum Gasteiger partial charge on any atom is -0.487 e. The highest BCUT2D eigenvalue weighted by Gasteiger charge is 2.35. The van der Waals surface area contributed by atoms with Crippen LogP contribution in [0.15, 0.2) is 77.6 Å². The van der Waals surface area contributed by atoms with Crippen LogP contribution in [0, 0.1) is 5.82 Å². The topological polar surface area (TPSA) is 164 Å². The van der Waals surface area contributed by atoms with Gasteiger partial charge in [0.2, 0.25) is 28.9 Å². The Morgan fingerprint density at radius 2 is 1.77 bits per heavy atom. The second-order valence-corrected chi connectivity index (χ2v) is 14.6. The molecule has 2 unspecified atom stereocenters. The number of hydrogen-bond donors (Lipinski definition) is 3. The first kappa shape index (κ1) is 34.2. The Labute approximate surface area is 304 Å². The highest BCUT2D eigenvalue weighted by Crippen LogP contribution is 2.40. The second-order valence-electron chi connectivity index (χ2n) is 13.4. The number of aryl methyl sites for hydroxylation is 1. The number of piperidine rings is 1. The van der Waals surface area contributed by atoms with Crippen LogP contribution in [0.3, 0.4) is 0 Å². The Bertz CT molecular complexity index is 2430. The molecule has 3 N–H and O–H groups in total. The number of fused-ring (bicyclic) bond motifs is 2. The highest BCUT2D eigenvalue weighted by atomic mass is 32.2. The zero-order chi connectivity index (χ0) is 37.0. The van der Waals surface area contributed by atoms with Crippen LogP contribution in [0.4, 0.5) is 15.8 Å². The van der Waals surface area contributed by atoms with Gasteiger partial charge < -0.3 is 10.1 Å². The fourth-order valence-corrected chi connectivity index (χ4v) is 8.14. The molecule has 0 bridgehead atoms. The van der Waals surface area contributed by atoms with Crippen molar-refractivity contribution in [1.82, 2.24) is 24.1 Å². The van der Waals surface area contributed by atoms with Crippen molar-refractivity contribution in [3.05, 3.63) is 100 Å². The van der Waals surface area contributed by atoms with E-state index in [-0.39, 0.29) is 72.8 Å². The van der Waals surface area contributed by atoms with Crippen LogP contribution in [-0.2, 0) is 44.0 Å². The minimum atomic E-state index is -1.98. The second kappa shape index (κ2) is 13.6. The van der Waals surface area contributed by atoms with Gasteiger partial charge in [-0.15, -0.1) is 0 Å². The van der Waals surface area contributed by atoms with Crippen LogP contribution in [0.5, 0.6) is 5.75 Å². The van der Waals surface area contributed by atoms with E-state index in [0.29, 0.717) is 35.2 Å². The van der Waals surface area contributed by atoms with E-state index in [4.69, 9.17) is 4.74 Å². The van der Waals surface area contributed by atoms with E-state index in [9.17, 15) is 28.2 Å². The molecule has 0 spiro atoms. The van der Waals surface area contributed by atoms with Crippen molar-refractivity contribution in [2.24, 2.45) is 7.05 Å². The Balaban J connectivity index is 0.951. The van der Waals surface area contributed by atoms with E-state index in [0.717, 1.165) is 15.4 Å². The summed E-state index contributed by atoms with van der Waals surface area (Å²) in [6.07, 6.45) is 0.425. The van der Waals surface area contributed by atoms with Gasteiger partial charge in [0.25, 0.3) is 5.91 Å². The third kappa shape index (κ3) is 6.44. The summed E-state index contributed by atoms with van der Waals surface area (Å²) in [6, 6.07) is 20.6. The lowest BCUT2D eigenvalue weighted by atomic mass is 9.91. The molecule has 3 saturated heterocycles. The SMILES string of the molecule is Cn1c(=O)n(C2CCC(=O)NC2=O)c2ccc(C3CN(CC(=O)Nc4ccc5c(F)c(N6CC(=O)NS6=O)c(OCc6ccccc6)cc5c4)C3)cc21. The molecule has 3 aliphatic heterocycles. The molecular formula is C37H34FN7O7S. The van der Waals surface area contributed by atoms with Crippen molar-refractivity contribution < 1.29 is 32.5 Å². The van der Waals surface area contributed by atoms with E-state index in [2.05, 4.69) is 15.4 Å². The molecule has 1 aromatic heterocycles. The number of nitrogens with one attached hydrogen (secondary N) is 3. The molecule has 0 saturated carbocycles. The fourth-order valence-electron chi connectivity index (χ4n) is 7.20. The lowest BCUT2D eigenvalue weighted by Crippen LogP contribution is -2.48. The number of anilines is 2. The average molecular weight is 740 g/mol. The Kier molecular flexibility index (Phi) is 8.78. The molecule has 53 heavy (non-hydrogen) atoms. The van der Waals surface area contributed by atoms with Crippen molar-refractivity contribution in [2.75, 3.05) is 35.8 Å². The van der Waals surface area contributed by atoms with Gasteiger partial charge in [0.15, 0.2) is 5.82 Å². The molecule has 3 aliphatic rings. The number of likely N-dealkylation sites (tertiary alicyclic amines) is 1. The number of carbonyl (C=O) groups excluding carboxylic acids is 4. The number of imide groups is 1. The van der Waals surface area contributed by atoms with Crippen molar-refractivity contribution in [3.8, 4) is 5.75 Å². The summed E-state index contributed by atoms with van der Waals surface area (Å²) < 4.78 is 41.2. The molecule has 272 valence electrons. The molecule has 5 aromatic rings. The summed E-state index contributed by atoms with van der Waals surface area (Å²) in [5, 5.41) is 5.86. The molecule has 4 aromatic carbocycles. The van der Waals surface area contributed by atoms with Gasteiger partial charge in [0.1, 0.15) is 30.6 Å². The lowest BCUT2D eigenvalue weighted by Gasteiger charge is -2.39. The van der Waals surface area contributed by atoms with Crippen molar-refractivity contribution in [3.63, 3.8) is 0 Å². The summed E-state index contributed by atoms with van der Waals surface area (Å²) in [7, 11) is 1.66. The van der Waals surface area contributed by atoms with Crippen LogP contribution in [0.2, 0.25) is 0 Å². The zero-order valence-electron chi connectivity index (χ0n) is 28.5. The summed E-state index contributed by atoms with van der Waals surface area (Å²) in [5.74, 6) is -2.06. The number of aromatic nitrogens is 2. The Morgan fingerprint density at radius 3 is 2.51 bits per heavy atom. The third-order valence-electron chi connectivity index (χ3n) is 9.91. The molecular weight excluding hydrogens is 706 g/mol. The Hall–Kier alpha value is -5.87. The quantitative estimate of drug-likeness (QED) is 0.195. The molecule has 4 heterocycles. The van der Waals surface area contributed by atoms with Gasteiger partial charge in [-0.1, -0.05) is 36.4 Å². The molecule has 3 fully saturated rings. The van der Waals surface area contributed by atoms with Gasteiger partial charge >= 0.3 is 5.69 Å². The van der Waals surface area contributed by atoms with E-state index < -0.39 is 34.8 Å². The van der Waals surface area contributed by atoms with Gasteiger partial charge in [0.05, 0.1) is 17.6 Å². The monoisotopic (exact) mass is 739 g/mol. The van der Waals surface area contributed by atoms with E-state index in [1.54, 1.807) is 25.2 Å². The van der Waals surface area contributed by atoms with E-state index in [1.165, 1.54) is 15.2 Å². The van der Waals surface area contributed by atoms with Crippen LogP contribution in [0.1, 0.15) is 35.9 Å². The van der Waals surface area contributed by atoms with E-state index >= 15 is 4.39 Å². The highest BCUT2D eigenvalue weighted by molar-refractivity contribution is 7.85. The smallest absolute Gasteiger partial charge is 0.329 e. The number of benzene rings is 4. The first-order valence-electron chi connectivity index (χ1n) is 17.0. The Morgan fingerprint density at radius 1 is 0.981 bits per heavy atom. The van der Waals surface area contributed by atoms with Crippen molar-refractivity contribution in [1.29, 1.82) is 0 Å². The summed E-state index contributed by atoms with van der Waals surface area (Å²) in [5.41, 5.74) is 3.16. The molecule has 2 atom stereocenters. The molecule has 8 rings (SSSR count). The predicted molar refractivity (Wildman–Crippen MR) is 195 cm³/mol. The number of imidazole rings is 1. The number of hydrogen-bond acceptors (Lipinski definition) is 8. The van der Waals surface area contributed by atoms with Crippen LogP contribution >= 0.6 is 0 Å². The first-order chi connectivity index (χ1) is 25.5.